The molecular formula is C122H78N2O4S. The summed E-state index contributed by atoms with van der Waals surface area (Å²) in [4.78, 5) is 14.9. The van der Waals surface area contributed by atoms with Gasteiger partial charge in [0.05, 0.1) is 70.9 Å². The maximum Gasteiger partial charge on any atom is 0.118 e. The molecule has 2 aromatic heterocycles. The van der Waals surface area contributed by atoms with Gasteiger partial charge in [-0.25, -0.2) is 9.97 Å². The third kappa shape index (κ3) is 9.53. The highest BCUT2D eigenvalue weighted by Crippen LogP contribution is 2.69. The maximum absolute atomic E-state index is 6.45. The second-order valence-corrected chi connectivity index (χ2v) is 36.1. The summed E-state index contributed by atoms with van der Waals surface area (Å²) in [5.74, 6) is 3.15. The van der Waals surface area contributed by atoms with Crippen LogP contribution < -0.4 is 18.9 Å². The Morgan fingerprint density at radius 1 is 0.186 bits per heavy atom. The number of hydrogen-bond acceptors (Lipinski definition) is 7. The highest BCUT2D eigenvalue weighted by molar-refractivity contribution is 7.21. The second kappa shape index (κ2) is 27.4. The Bertz CT molecular complexity index is 7750. The minimum atomic E-state index is -0.789. The van der Waals surface area contributed by atoms with Gasteiger partial charge < -0.3 is 18.9 Å². The van der Waals surface area contributed by atoms with Crippen molar-refractivity contribution in [2.75, 3.05) is 28.4 Å². The summed E-state index contributed by atoms with van der Waals surface area (Å²) in [5.41, 5.74) is 41.7. The molecule has 6 nitrogen and oxygen atoms in total. The van der Waals surface area contributed by atoms with Gasteiger partial charge in [0.25, 0.3) is 0 Å². The van der Waals surface area contributed by atoms with Gasteiger partial charge in [0.1, 0.15) is 34.0 Å². The molecule has 0 unspecified atom stereocenters. The van der Waals surface area contributed by atoms with E-state index in [9.17, 15) is 0 Å². The first-order valence-corrected chi connectivity index (χ1v) is 45.2. The van der Waals surface area contributed by atoms with Crippen molar-refractivity contribution in [3.05, 3.63) is 489 Å². The summed E-state index contributed by atoms with van der Waals surface area (Å²) in [5, 5.41) is 4.20. The Kier molecular flexibility index (Phi) is 15.6. The molecule has 6 aliphatic rings. The number of methoxy groups -OCH3 is 4. The molecule has 0 aliphatic heterocycles. The molecule has 0 bridgehead atoms. The van der Waals surface area contributed by atoms with Crippen LogP contribution in [0.1, 0.15) is 89.0 Å². The smallest absolute Gasteiger partial charge is 0.118 e. The zero-order valence-electron chi connectivity index (χ0n) is 71.0. The van der Waals surface area contributed by atoms with Crippen LogP contribution in [0.2, 0.25) is 0 Å². The van der Waals surface area contributed by atoms with E-state index in [4.69, 9.17) is 28.9 Å². The number of benzene rings is 19. The number of nitrogens with zero attached hydrogens (tertiary/aromatic N) is 2. The number of hydrogen-bond donors (Lipinski definition) is 0. The van der Waals surface area contributed by atoms with Crippen LogP contribution in [0.3, 0.4) is 0 Å². The quantitative estimate of drug-likeness (QED) is 0.114. The van der Waals surface area contributed by atoms with Gasteiger partial charge in [0.15, 0.2) is 0 Å². The molecule has 0 radical (unpaired) electrons. The summed E-state index contributed by atoms with van der Waals surface area (Å²) in [6, 6.07) is 150. The normalized spacial score (nSPS) is 14.3. The first-order chi connectivity index (χ1) is 63.8. The number of aromatic nitrogens is 2. The Hall–Kier alpha value is -15.8. The molecule has 6 aliphatic carbocycles. The third-order valence-corrected chi connectivity index (χ3v) is 31.0. The topological polar surface area (TPSA) is 62.7 Å². The molecular weight excluding hydrogens is 1590 g/mol. The van der Waals surface area contributed by atoms with Crippen LogP contribution in [-0.2, 0) is 21.7 Å². The molecule has 21 aromatic rings. The number of thiophene rings is 1. The van der Waals surface area contributed by atoms with Gasteiger partial charge in [0, 0.05) is 21.9 Å². The average Bonchev–Trinajstić information content (AvgIpc) is 1.51. The summed E-state index contributed by atoms with van der Waals surface area (Å²) >= 11 is 1.80. The van der Waals surface area contributed by atoms with E-state index >= 15 is 0 Å². The van der Waals surface area contributed by atoms with Gasteiger partial charge in [-0.1, -0.05) is 340 Å². The Morgan fingerprint density at radius 2 is 0.411 bits per heavy atom. The average molecular weight is 1670 g/mol. The van der Waals surface area contributed by atoms with Crippen molar-refractivity contribution >= 4 is 54.9 Å². The van der Waals surface area contributed by atoms with E-state index in [1.807, 2.05) is 0 Å². The molecule has 27 rings (SSSR count). The van der Waals surface area contributed by atoms with Crippen LogP contribution >= 0.6 is 11.3 Å². The highest BCUT2D eigenvalue weighted by atomic mass is 32.1. The van der Waals surface area contributed by atoms with Crippen molar-refractivity contribution in [2.45, 2.75) is 21.7 Å². The minimum absolute atomic E-state index is 0.537. The zero-order valence-corrected chi connectivity index (χ0v) is 71.9. The van der Waals surface area contributed by atoms with Gasteiger partial charge in [-0.15, -0.1) is 11.3 Å². The molecule has 2 heterocycles. The van der Waals surface area contributed by atoms with Crippen molar-refractivity contribution in [2.24, 2.45) is 0 Å². The van der Waals surface area contributed by atoms with E-state index in [-0.39, 0.29) is 0 Å². The highest BCUT2D eigenvalue weighted by Gasteiger charge is 2.56. The van der Waals surface area contributed by atoms with Gasteiger partial charge in [-0.2, -0.15) is 0 Å². The predicted octanol–water partition coefficient (Wildman–Crippen LogP) is 29.3. The van der Waals surface area contributed by atoms with Crippen LogP contribution in [-0.4, -0.2) is 38.4 Å². The fourth-order valence-corrected chi connectivity index (χ4v) is 26.0. The standard InChI is InChI=1S/C122H78N2O4S/c1-125-77-59-51-73(52-60-77)119(74-53-61-78(126-2)62-54-74)101-41-17-9-29-89(101)111-93(35-23-45-105(111)119)117-115-116(118(129-117)94-36-24-46-106-112(94)90-30-10-18-42-102(90)120(106,75-55-63-79(127-3)64-56-75)76-57-65-80(128-4)66-58-76)124-114-88-68-50-72(82-34-22-48-108-110(82)92-32-12-20-44-104(92)122(108)99-39-15-7-27-85(99)86-28-8-16-40-100(86)122)70-96(88)95-69-71(49-67-87(95)113(114)123-115)81-33-21-47-107-109(81)91-31-11-19-43-103(91)121(107)97-37-13-5-25-83(97)84-26-6-14-38-98(84)121/h5-70H,1-4H3. The van der Waals surface area contributed by atoms with Crippen LogP contribution in [0, 0.1) is 0 Å². The lowest BCUT2D eigenvalue weighted by atomic mass is 9.67. The molecule has 129 heavy (non-hydrogen) atoms. The van der Waals surface area contributed by atoms with Crippen molar-refractivity contribution in [1.82, 2.24) is 9.97 Å². The van der Waals surface area contributed by atoms with Gasteiger partial charge in [-0.05, 0) is 249 Å². The summed E-state index contributed by atoms with van der Waals surface area (Å²) < 4.78 is 23.7. The monoisotopic (exact) mass is 1670 g/mol. The van der Waals surface area contributed by atoms with Gasteiger partial charge >= 0.3 is 0 Å². The Balaban J connectivity index is 0.762. The van der Waals surface area contributed by atoms with E-state index < -0.39 is 21.7 Å². The molecule has 0 atom stereocenters. The lowest BCUT2D eigenvalue weighted by Crippen LogP contribution is -2.28. The number of ether oxygens (including phenoxy) is 4. The Labute approximate surface area is 750 Å². The first kappa shape index (κ1) is 73.5. The van der Waals surface area contributed by atoms with E-state index in [1.165, 1.54) is 111 Å². The number of fused-ring (bicyclic) bond motifs is 33. The van der Waals surface area contributed by atoms with E-state index in [0.29, 0.717) is 0 Å². The molecule has 19 aromatic carbocycles. The number of rotatable bonds is 12. The molecule has 0 saturated heterocycles. The minimum Gasteiger partial charge on any atom is -0.497 e. The van der Waals surface area contributed by atoms with Crippen LogP contribution in [0.4, 0.5) is 0 Å². The fraction of sp³-hybridized carbons (Fsp3) is 0.0656. The Morgan fingerprint density at radius 3 is 0.698 bits per heavy atom. The van der Waals surface area contributed by atoms with Crippen molar-refractivity contribution in [3.8, 4) is 133 Å². The van der Waals surface area contributed by atoms with E-state index in [1.54, 1.807) is 39.8 Å². The van der Waals surface area contributed by atoms with Crippen molar-refractivity contribution < 1.29 is 18.9 Å². The summed E-state index contributed by atoms with van der Waals surface area (Å²) in [6.07, 6.45) is 0. The molecule has 7 heteroatoms. The van der Waals surface area contributed by atoms with Crippen LogP contribution in [0.5, 0.6) is 23.0 Å². The van der Waals surface area contributed by atoms with Gasteiger partial charge in [0.2, 0.25) is 0 Å². The SMILES string of the molecule is COc1ccc(C2(c3ccc(OC)cc3)c3ccccc3-c3c(-c4sc(-c5cccc6c5-c5ccccc5C6(c5ccc(OC)cc5)c5ccc(OC)cc5)c5nc6c7ccc(-c8cccc9c8-c8ccccc8C98c9ccccc9-c9ccccc98)cc7c7cc(-c8cccc9c8-c8ccccc8C98c9ccccc9-c9ccccc98)ccc7c6nc45)cccc32)cc1. The molecule has 0 amide bonds. The van der Waals surface area contributed by atoms with E-state index in [0.717, 1.165) is 154 Å². The third-order valence-electron chi connectivity index (χ3n) is 29.8. The largest absolute Gasteiger partial charge is 0.497 e. The van der Waals surface area contributed by atoms with Gasteiger partial charge in [-0.3, -0.25) is 0 Å². The molecule has 0 fully saturated rings. The molecule has 606 valence electrons. The second-order valence-electron chi connectivity index (χ2n) is 35.1. The van der Waals surface area contributed by atoms with E-state index in [2.05, 4.69) is 400 Å². The van der Waals surface area contributed by atoms with Crippen molar-refractivity contribution in [1.29, 1.82) is 0 Å². The lowest BCUT2D eigenvalue weighted by molar-refractivity contribution is 0.414. The molecule has 0 saturated carbocycles. The first-order valence-electron chi connectivity index (χ1n) is 44.4. The van der Waals surface area contributed by atoms with Crippen LogP contribution in [0.25, 0.3) is 154 Å². The molecule has 0 N–H and O–H groups in total. The maximum atomic E-state index is 6.45. The van der Waals surface area contributed by atoms with Crippen LogP contribution in [0.15, 0.2) is 400 Å². The lowest BCUT2D eigenvalue weighted by Gasteiger charge is -2.34. The molecule has 2 spiro atoms. The summed E-state index contributed by atoms with van der Waals surface area (Å²) in [6.45, 7) is 0. The fourth-order valence-electron chi connectivity index (χ4n) is 24.7. The van der Waals surface area contributed by atoms with Crippen molar-refractivity contribution in [3.63, 3.8) is 0 Å². The summed E-state index contributed by atoms with van der Waals surface area (Å²) in [7, 11) is 6.95. The predicted molar refractivity (Wildman–Crippen MR) is 525 cm³/mol. The zero-order chi connectivity index (χ0) is 85.3.